The Morgan fingerprint density at radius 2 is 1.87 bits per heavy atom. The Hall–Kier alpha value is -3.26. The van der Waals surface area contributed by atoms with Crippen molar-refractivity contribution in [3.8, 4) is 0 Å². The smallest absolute Gasteiger partial charge is 0.322 e. The normalized spacial score (nSPS) is 16.1. The minimum atomic E-state index is -1.37. The molecule has 3 amide bonds. The van der Waals surface area contributed by atoms with Gasteiger partial charge in [-0.05, 0) is 49.1 Å². The Morgan fingerprint density at radius 3 is 2.48 bits per heavy atom. The van der Waals surface area contributed by atoms with Crippen molar-refractivity contribution in [3.63, 3.8) is 0 Å². The third kappa shape index (κ3) is 4.44. The minimum Gasteiger partial charge on any atom is -0.381 e. The molecule has 162 valence electrons. The maximum absolute atomic E-state index is 13.8. The molecule has 31 heavy (non-hydrogen) atoms. The second kappa shape index (κ2) is 8.11. The van der Waals surface area contributed by atoms with Crippen LogP contribution in [0, 0.1) is 5.82 Å². The van der Waals surface area contributed by atoms with Crippen molar-refractivity contribution in [1.82, 2.24) is 14.8 Å². The Morgan fingerprint density at radius 1 is 1.13 bits per heavy atom. The number of fused-ring (bicyclic) bond motifs is 1. The van der Waals surface area contributed by atoms with Gasteiger partial charge in [-0.3, -0.25) is 9.78 Å². The summed E-state index contributed by atoms with van der Waals surface area (Å²) in [4.78, 5) is 31.8. The second-order valence-electron chi connectivity index (χ2n) is 8.41. The minimum absolute atomic E-state index is 0.223. The lowest BCUT2D eigenvalue weighted by Gasteiger charge is -2.31. The van der Waals surface area contributed by atoms with Crippen LogP contribution in [-0.2, 0) is 17.9 Å². The van der Waals surface area contributed by atoms with Crippen molar-refractivity contribution in [1.29, 1.82) is 0 Å². The standard InChI is InChI=1S/C23H25FN4O3/c1-23(2,31)21(29)27-9-7-16(8-10-27)15-3-5-18(6-4-15)26-22(30)28-13-17-11-25-12-20(24)19(17)14-28/h3-7,11-12,31H,8-10,13-14H2,1-2H3,(H,26,30). The van der Waals surface area contributed by atoms with Gasteiger partial charge in [-0.2, -0.15) is 0 Å². The van der Waals surface area contributed by atoms with Crippen LogP contribution in [0.3, 0.4) is 0 Å². The first-order valence-electron chi connectivity index (χ1n) is 10.2. The Balaban J connectivity index is 1.36. The number of hydrogen-bond acceptors (Lipinski definition) is 4. The molecule has 7 nitrogen and oxygen atoms in total. The fraction of sp³-hybridized carbons (Fsp3) is 0.348. The van der Waals surface area contributed by atoms with Gasteiger partial charge in [-0.25, -0.2) is 9.18 Å². The quantitative estimate of drug-likeness (QED) is 0.793. The molecular formula is C23H25FN4O3. The van der Waals surface area contributed by atoms with Crippen LogP contribution in [0.1, 0.15) is 37.0 Å². The van der Waals surface area contributed by atoms with Crippen molar-refractivity contribution in [3.05, 3.63) is 65.2 Å². The van der Waals surface area contributed by atoms with Gasteiger partial charge < -0.3 is 20.2 Å². The van der Waals surface area contributed by atoms with E-state index in [1.807, 2.05) is 30.3 Å². The first-order chi connectivity index (χ1) is 14.7. The summed E-state index contributed by atoms with van der Waals surface area (Å²) >= 11 is 0. The lowest BCUT2D eigenvalue weighted by molar-refractivity contribution is -0.147. The fourth-order valence-electron chi connectivity index (χ4n) is 3.88. The number of halogens is 1. The van der Waals surface area contributed by atoms with Crippen LogP contribution in [0.2, 0.25) is 0 Å². The number of urea groups is 1. The number of nitrogens with zero attached hydrogens (tertiary/aromatic N) is 3. The van der Waals surface area contributed by atoms with Gasteiger partial charge in [0, 0.05) is 37.1 Å². The molecule has 1 aromatic carbocycles. The van der Waals surface area contributed by atoms with E-state index in [1.54, 1.807) is 16.0 Å². The maximum Gasteiger partial charge on any atom is 0.322 e. The molecule has 0 saturated carbocycles. The van der Waals surface area contributed by atoms with E-state index in [9.17, 15) is 19.1 Å². The molecule has 0 bridgehead atoms. The van der Waals surface area contributed by atoms with Crippen LogP contribution in [0.15, 0.2) is 42.7 Å². The van der Waals surface area contributed by atoms with Gasteiger partial charge in [-0.15, -0.1) is 0 Å². The summed E-state index contributed by atoms with van der Waals surface area (Å²) in [5.41, 5.74) is 2.67. The average Bonchev–Trinajstić information content (AvgIpc) is 3.19. The zero-order valence-corrected chi connectivity index (χ0v) is 17.6. The van der Waals surface area contributed by atoms with E-state index in [1.165, 1.54) is 20.0 Å². The van der Waals surface area contributed by atoms with E-state index >= 15 is 0 Å². The SMILES string of the molecule is CC(C)(O)C(=O)N1CC=C(c2ccc(NC(=O)N3Cc4cncc(F)c4C3)cc2)CC1. The third-order valence-corrected chi connectivity index (χ3v) is 5.62. The third-order valence-electron chi connectivity index (χ3n) is 5.62. The van der Waals surface area contributed by atoms with E-state index in [0.29, 0.717) is 37.3 Å². The number of aromatic nitrogens is 1. The number of benzene rings is 1. The summed E-state index contributed by atoms with van der Waals surface area (Å²) in [5, 5.41) is 12.7. The molecule has 0 saturated heterocycles. The number of aliphatic hydroxyl groups is 1. The van der Waals surface area contributed by atoms with Crippen LogP contribution in [0.5, 0.6) is 0 Å². The monoisotopic (exact) mass is 424 g/mol. The number of carbonyl (C=O) groups is 2. The zero-order chi connectivity index (χ0) is 22.2. The van der Waals surface area contributed by atoms with Crippen LogP contribution < -0.4 is 5.32 Å². The van der Waals surface area contributed by atoms with E-state index in [2.05, 4.69) is 10.3 Å². The van der Waals surface area contributed by atoms with Crippen LogP contribution in [0.4, 0.5) is 14.9 Å². The summed E-state index contributed by atoms with van der Waals surface area (Å²) in [6.07, 6.45) is 5.44. The molecule has 0 radical (unpaired) electrons. The molecule has 4 rings (SSSR count). The predicted octanol–water partition coefficient (Wildman–Crippen LogP) is 3.16. The zero-order valence-electron chi connectivity index (χ0n) is 17.6. The summed E-state index contributed by atoms with van der Waals surface area (Å²) in [6.45, 7) is 4.55. The number of carbonyl (C=O) groups excluding carboxylic acids is 2. The van der Waals surface area contributed by atoms with Gasteiger partial charge in [0.05, 0.1) is 12.7 Å². The highest BCUT2D eigenvalue weighted by molar-refractivity contribution is 5.90. The average molecular weight is 424 g/mol. The number of pyridine rings is 1. The molecule has 1 aromatic heterocycles. The molecule has 0 spiro atoms. The van der Waals surface area contributed by atoms with Crippen molar-refractivity contribution < 1.29 is 19.1 Å². The van der Waals surface area contributed by atoms with Crippen LogP contribution in [0.25, 0.3) is 5.57 Å². The molecule has 0 unspecified atom stereocenters. The molecule has 2 aliphatic rings. The van der Waals surface area contributed by atoms with E-state index < -0.39 is 5.60 Å². The predicted molar refractivity (Wildman–Crippen MR) is 114 cm³/mol. The number of nitrogens with one attached hydrogen (secondary N) is 1. The van der Waals surface area contributed by atoms with Gasteiger partial charge >= 0.3 is 6.03 Å². The van der Waals surface area contributed by atoms with Crippen molar-refractivity contribution in [2.24, 2.45) is 0 Å². The number of rotatable bonds is 3. The lowest BCUT2D eigenvalue weighted by atomic mass is 9.98. The van der Waals surface area contributed by atoms with Crippen LogP contribution >= 0.6 is 0 Å². The van der Waals surface area contributed by atoms with E-state index in [4.69, 9.17) is 0 Å². The van der Waals surface area contributed by atoms with Crippen molar-refractivity contribution >= 4 is 23.2 Å². The first kappa shape index (κ1) is 21.0. The number of amides is 3. The fourth-order valence-corrected chi connectivity index (χ4v) is 3.88. The Labute approximate surface area is 180 Å². The molecule has 0 fully saturated rings. The summed E-state index contributed by atoms with van der Waals surface area (Å²) in [5.74, 6) is -0.665. The van der Waals surface area contributed by atoms with E-state index in [0.717, 1.165) is 16.7 Å². The number of hydrogen-bond donors (Lipinski definition) is 2. The highest BCUT2D eigenvalue weighted by Gasteiger charge is 2.30. The van der Waals surface area contributed by atoms with Crippen molar-refractivity contribution in [2.75, 3.05) is 18.4 Å². The Bertz CT molecular complexity index is 1040. The molecule has 2 N–H and O–H groups in total. The first-order valence-corrected chi connectivity index (χ1v) is 10.2. The molecule has 3 heterocycles. The van der Waals surface area contributed by atoms with Gasteiger partial charge in [-0.1, -0.05) is 18.2 Å². The highest BCUT2D eigenvalue weighted by atomic mass is 19.1. The summed E-state index contributed by atoms with van der Waals surface area (Å²) in [6, 6.07) is 7.22. The van der Waals surface area contributed by atoms with Gasteiger partial charge in [0.1, 0.15) is 11.4 Å². The topological polar surface area (TPSA) is 85.8 Å². The summed E-state index contributed by atoms with van der Waals surface area (Å²) < 4.78 is 13.8. The van der Waals surface area contributed by atoms with Crippen LogP contribution in [-0.4, -0.2) is 50.5 Å². The number of anilines is 1. The molecule has 8 heteroatoms. The van der Waals surface area contributed by atoms with Gasteiger partial charge in [0.15, 0.2) is 0 Å². The van der Waals surface area contributed by atoms with Gasteiger partial charge in [0.2, 0.25) is 0 Å². The van der Waals surface area contributed by atoms with Crippen molar-refractivity contribution in [2.45, 2.75) is 39.0 Å². The van der Waals surface area contributed by atoms with E-state index in [-0.39, 0.29) is 24.3 Å². The maximum atomic E-state index is 13.8. The highest BCUT2D eigenvalue weighted by Crippen LogP contribution is 2.27. The molecular weight excluding hydrogens is 399 g/mol. The molecule has 2 aromatic rings. The molecule has 0 atom stereocenters. The molecule has 2 aliphatic heterocycles. The largest absolute Gasteiger partial charge is 0.381 e. The molecule has 0 aliphatic carbocycles. The summed E-state index contributed by atoms with van der Waals surface area (Å²) in [7, 11) is 0. The lowest BCUT2D eigenvalue weighted by Crippen LogP contribution is -2.46. The second-order valence-corrected chi connectivity index (χ2v) is 8.41. The Kier molecular flexibility index (Phi) is 5.49. The van der Waals surface area contributed by atoms with Gasteiger partial charge in [0.25, 0.3) is 5.91 Å².